The lowest BCUT2D eigenvalue weighted by molar-refractivity contribution is 0.438. The van der Waals surface area contributed by atoms with E-state index < -0.39 is 11.0 Å². The van der Waals surface area contributed by atoms with E-state index in [9.17, 15) is 14.4 Å². The molecule has 1 aromatic carbocycles. The van der Waals surface area contributed by atoms with Crippen molar-refractivity contribution in [1.82, 2.24) is 0 Å². The van der Waals surface area contributed by atoms with Gasteiger partial charge < -0.3 is 10.2 Å². The van der Waals surface area contributed by atoms with Crippen molar-refractivity contribution in [2.24, 2.45) is 5.14 Å². The van der Waals surface area contributed by atoms with Gasteiger partial charge in [-0.1, -0.05) is 19.8 Å². The van der Waals surface area contributed by atoms with Crippen LogP contribution in [0.1, 0.15) is 31.7 Å². The molecule has 1 atom stereocenters. The Hall–Kier alpha value is -1.07. The van der Waals surface area contributed by atoms with Gasteiger partial charge in [0.05, 0.1) is 4.90 Å². The van der Waals surface area contributed by atoms with E-state index in [0.29, 0.717) is 12.0 Å². The van der Waals surface area contributed by atoms with Crippen LogP contribution in [0.5, 0.6) is 11.5 Å². The van der Waals surface area contributed by atoms with E-state index in [-0.39, 0.29) is 16.4 Å². The zero-order valence-corrected chi connectivity index (χ0v) is 10.1. The predicted molar refractivity (Wildman–Crippen MR) is 63.6 cm³/mol. The Bertz CT molecular complexity index is 393. The average Bonchev–Trinajstić information content (AvgIpc) is 2.16. The van der Waals surface area contributed by atoms with E-state index in [2.05, 4.69) is 6.92 Å². The van der Waals surface area contributed by atoms with Crippen molar-refractivity contribution in [3.63, 3.8) is 0 Å². The van der Waals surface area contributed by atoms with Gasteiger partial charge in [0, 0.05) is 6.07 Å². The molecule has 0 aromatic heterocycles. The van der Waals surface area contributed by atoms with E-state index in [0.717, 1.165) is 25.3 Å². The van der Waals surface area contributed by atoms with Gasteiger partial charge in [-0.3, -0.25) is 0 Å². The Morgan fingerprint density at radius 1 is 1.31 bits per heavy atom. The van der Waals surface area contributed by atoms with Crippen molar-refractivity contribution in [1.29, 1.82) is 0 Å². The highest BCUT2D eigenvalue weighted by atomic mass is 32.2. The predicted octanol–water partition coefficient (Wildman–Crippen LogP) is 1.81. The first kappa shape index (κ1) is 13.0. The first-order chi connectivity index (χ1) is 7.56. The molecule has 0 saturated heterocycles. The molecule has 0 radical (unpaired) electrons. The summed E-state index contributed by atoms with van der Waals surface area (Å²) in [4.78, 5) is 0.230. The number of phenols is 2. The fraction of sp³-hybridized carbons (Fsp3) is 0.455. The Morgan fingerprint density at radius 3 is 2.56 bits per heavy atom. The third-order valence-electron chi connectivity index (χ3n) is 2.38. The first-order valence-electron chi connectivity index (χ1n) is 5.27. The maximum atomic E-state index is 11.3. The lowest BCUT2D eigenvalue weighted by Gasteiger charge is -2.09. The second-order valence-electron chi connectivity index (χ2n) is 3.71. The minimum atomic E-state index is -1.73. The highest BCUT2D eigenvalue weighted by Crippen LogP contribution is 2.30. The Labute approximate surface area is 97.7 Å². The van der Waals surface area contributed by atoms with E-state index in [1.54, 1.807) is 0 Å². The molecule has 1 unspecified atom stereocenters. The average molecular weight is 243 g/mol. The van der Waals surface area contributed by atoms with E-state index in [1.165, 1.54) is 6.07 Å². The zero-order valence-electron chi connectivity index (χ0n) is 9.27. The van der Waals surface area contributed by atoms with Gasteiger partial charge >= 0.3 is 0 Å². The van der Waals surface area contributed by atoms with Crippen LogP contribution in [-0.4, -0.2) is 14.4 Å². The minimum Gasteiger partial charge on any atom is -0.508 e. The molecule has 90 valence electrons. The molecule has 4 nitrogen and oxygen atoms in total. The van der Waals surface area contributed by atoms with Crippen LogP contribution in [0, 0.1) is 0 Å². The molecule has 1 rings (SSSR count). The number of hydrogen-bond acceptors (Lipinski definition) is 3. The van der Waals surface area contributed by atoms with Crippen molar-refractivity contribution in [2.45, 2.75) is 37.5 Å². The van der Waals surface area contributed by atoms with E-state index >= 15 is 0 Å². The molecule has 0 fully saturated rings. The fourth-order valence-electron chi connectivity index (χ4n) is 1.64. The normalized spacial score (nSPS) is 12.6. The molecule has 0 aliphatic rings. The third kappa shape index (κ3) is 3.21. The van der Waals surface area contributed by atoms with Gasteiger partial charge in [-0.05, 0) is 24.5 Å². The molecule has 0 saturated carbocycles. The molecule has 0 bridgehead atoms. The summed E-state index contributed by atoms with van der Waals surface area (Å²) in [5.74, 6) is -0.231. The van der Waals surface area contributed by atoms with Gasteiger partial charge in [-0.25, -0.2) is 9.35 Å². The lowest BCUT2D eigenvalue weighted by Crippen LogP contribution is -2.06. The van der Waals surface area contributed by atoms with Crippen molar-refractivity contribution in [3.8, 4) is 11.5 Å². The largest absolute Gasteiger partial charge is 0.508 e. The van der Waals surface area contributed by atoms with Crippen LogP contribution < -0.4 is 5.14 Å². The fourth-order valence-corrected chi connectivity index (χ4v) is 2.32. The summed E-state index contributed by atoms with van der Waals surface area (Å²) in [5.41, 5.74) is 0.659. The van der Waals surface area contributed by atoms with Crippen molar-refractivity contribution in [2.75, 3.05) is 0 Å². The van der Waals surface area contributed by atoms with Crippen LogP contribution in [0.2, 0.25) is 0 Å². The number of aromatic hydroxyl groups is 2. The summed E-state index contributed by atoms with van der Waals surface area (Å²) in [7, 11) is -1.73. The number of hydrogen-bond donors (Lipinski definition) is 3. The SMILES string of the molecule is CCCCCc1cc(O)cc(O)c1S(N)=O. The van der Waals surface area contributed by atoms with Gasteiger partial charge in [0.15, 0.2) is 0 Å². The zero-order chi connectivity index (χ0) is 12.1. The number of benzene rings is 1. The summed E-state index contributed by atoms with van der Waals surface area (Å²) >= 11 is 0. The highest BCUT2D eigenvalue weighted by Gasteiger charge is 2.13. The van der Waals surface area contributed by atoms with E-state index in [1.807, 2.05) is 0 Å². The molecule has 0 amide bonds. The maximum absolute atomic E-state index is 11.3. The van der Waals surface area contributed by atoms with Gasteiger partial charge in [0.2, 0.25) is 0 Å². The highest BCUT2D eigenvalue weighted by molar-refractivity contribution is 7.82. The monoisotopic (exact) mass is 243 g/mol. The topological polar surface area (TPSA) is 83.6 Å². The molecule has 1 aromatic rings. The second-order valence-corrected chi connectivity index (χ2v) is 4.71. The van der Waals surface area contributed by atoms with Gasteiger partial charge in [-0.2, -0.15) is 0 Å². The first-order valence-corrected chi connectivity index (χ1v) is 6.48. The minimum absolute atomic E-state index is 0.0294. The lowest BCUT2D eigenvalue weighted by atomic mass is 10.1. The number of rotatable bonds is 5. The van der Waals surface area contributed by atoms with Crippen LogP contribution in [0.15, 0.2) is 17.0 Å². The molecule has 0 aliphatic carbocycles. The van der Waals surface area contributed by atoms with Crippen molar-refractivity contribution >= 4 is 11.0 Å². The number of phenolic OH excluding ortho intramolecular Hbond substituents is 2. The summed E-state index contributed by atoms with van der Waals surface area (Å²) < 4.78 is 11.3. The summed E-state index contributed by atoms with van der Waals surface area (Å²) in [5, 5.41) is 24.2. The van der Waals surface area contributed by atoms with Crippen LogP contribution >= 0.6 is 0 Å². The Kier molecular flexibility index (Phi) is 4.76. The van der Waals surface area contributed by atoms with Gasteiger partial charge in [-0.15, -0.1) is 0 Å². The van der Waals surface area contributed by atoms with Crippen molar-refractivity contribution < 1.29 is 14.4 Å². The third-order valence-corrected chi connectivity index (χ3v) is 3.26. The molecule has 0 heterocycles. The Morgan fingerprint density at radius 2 is 2.00 bits per heavy atom. The molecule has 16 heavy (non-hydrogen) atoms. The van der Waals surface area contributed by atoms with Crippen LogP contribution in [0.3, 0.4) is 0 Å². The van der Waals surface area contributed by atoms with Crippen LogP contribution in [-0.2, 0) is 17.4 Å². The molecule has 0 spiro atoms. The summed E-state index contributed by atoms with van der Waals surface area (Å²) in [6, 6.07) is 2.67. The summed E-state index contributed by atoms with van der Waals surface area (Å²) in [6.07, 6.45) is 3.70. The van der Waals surface area contributed by atoms with Gasteiger partial charge in [0.25, 0.3) is 0 Å². The molecule has 5 heteroatoms. The molecular formula is C11H17NO3S. The molecular weight excluding hydrogens is 226 g/mol. The molecule has 4 N–H and O–H groups in total. The van der Waals surface area contributed by atoms with Crippen LogP contribution in [0.4, 0.5) is 0 Å². The quantitative estimate of drug-likeness (QED) is 0.690. The van der Waals surface area contributed by atoms with Crippen molar-refractivity contribution in [3.05, 3.63) is 17.7 Å². The molecule has 0 aliphatic heterocycles. The number of aryl methyl sites for hydroxylation is 1. The second kappa shape index (κ2) is 5.86. The summed E-state index contributed by atoms with van der Waals surface area (Å²) in [6.45, 7) is 2.09. The standard InChI is InChI=1S/C11H17NO3S/c1-2-3-4-5-8-6-9(13)7-10(14)11(8)16(12)15/h6-7,13-14H,2-5,12H2,1H3. The van der Waals surface area contributed by atoms with Crippen LogP contribution in [0.25, 0.3) is 0 Å². The Balaban J connectivity index is 2.99. The maximum Gasteiger partial charge on any atom is 0.137 e. The van der Waals surface area contributed by atoms with Gasteiger partial charge in [0.1, 0.15) is 22.5 Å². The number of nitrogens with two attached hydrogens (primary N) is 1. The number of unbranched alkanes of at least 4 members (excludes halogenated alkanes) is 2. The smallest absolute Gasteiger partial charge is 0.137 e. The van der Waals surface area contributed by atoms with E-state index in [4.69, 9.17) is 5.14 Å².